The van der Waals surface area contributed by atoms with Gasteiger partial charge in [0.1, 0.15) is 12.6 Å². The summed E-state index contributed by atoms with van der Waals surface area (Å²) < 4.78 is 5.54. The average molecular weight is 451 g/mol. The molecule has 174 valence electrons. The molecular weight excluding hydrogens is 420 g/mol. The molecule has 3 N–H and O–H groups in total. The summed E-state index contributed by atoms with van der Waals surface area (Å²) in [6.07, 6.45) is 2.05. The maximum atomic E-state index is 12.6. The van der Waals surface area contributed by atoms with Crippen molar-refractivity contribution in [1.29, 1.82) is 0 Å². The van der Waals surface area contributed by atoms with Crippen LogP contribution in [0.4, 0.5) is 4.79 Å². The Hall–Kier alpha value is -3.35. The Balaban J connectivity index is 1.32. The van der Waals surface area contributed by atoms with Crippen molar-refractivity contribution in [3.8, 4) is 11.1 Å². The second-order valence-corrected chi connectivity index (χ2v) is 8.81. The third-order valence-electron chi connectivity index (χ3n) is 6.88. The van der Waals surface area contributed by atoms with E-state index in [4.69, 9.17) is 4.74 Å². The van der Waals surface area contributed by atoms with Crippen LogP contribution >= 0.6 is 0 Å². The van der Waals surface area contributed by atoms with Crippen molar-refractivity contribution in [2.75, 3.05) is 13.2 Å². The third-order valence-corrected chi connectivity index (χ3v) is 6.88. The van der Waals surface area contributed by atoms with Gasteiger partial charge in [-0.1, -0.05) is 61.9 Å². The summed E-state index contributed by atoms with van der Waals surface area (Å²) in [5, 5.41) is 14.8. The summed E-state index contributed by atoms with van der Waals surface area (Å²) in [4.78, 5) is 36.5. The Kier molecular flexibility index (Phi) is 6.96. The lowest BCUT2D eigenvalue weighted by atomic mass is 9.96. The van der Waals surface area contributed by atoms with E-state index >= 15 is 0 Å². The minimum atomic E-state index is -0.810. The van der Waals surface area contributed by atoms with Gasteiger partial charge < -0.3 is 20.5 Å². The van der Waals surface area contributed by atoms with Gasteiger partial charge in [-0.3, -0.25) is 9.59 Å². The van der Waals surface area contributed by atoms with Crippen LogP contribution in [-0.2, 0) is 14.3 Å². The number of nitrogens with one attached hydrogen (secondary N) is 2. The van der Waals surface area contributed by atoms with Crippen molar-refractivity contribution in [3.63, 3.8) is 0 Å². The number of aliphatic carboxylic acids is 1. The molecule has 0 aliphatic heterocycles. The molecule has 0 saturated heterocycles. The van der Waals surface area contributed by atoms with Gasteiger partial charge in [0.05, 0.1) is 5.92 Å². The molecule has 2 amide bonds. The lowest BCUT2D eigenvalue weighted by Gasteiger charge is -2.21. The molecule has 7 nitrogen and oxygen atoms in total. The van der Waals surface area contributed by atoms with Crippen molar-refractivity contribution in [2.45, 2.75) is 44.6 Å². The molecule has 2 aliphatic rings. The highest BCUT2D eigenvalue weighted by molar-refractivity contribution is 5.85. The minimum absolute atomic E-state index is 0.0487. The Morgan fingerprint density at radius 2 is 1.67 bits per heavy atom. The molecule has 3 atom stereocenters. The molecule has 2 aromatic carbocycles. The number of amides is 2. The van der Waals surface area contributed by atoms with E-state index < -0.39 is 24.0 Å². The van der Waals surface area contributed by atoms with Crippen LogP contribution in [0, 0.1) is 11.8 Å². The summed E-state index contributed by atoms with van der Waals surface area (Å²) in [5.74, 6) is -1.66. The molecular formula is C26H30N2O5. The van der Waals surface area contributed by atoms with Crippen molar-refractivity contribution in [1.82, 2.24) is 10.6 Å². The van der Waals surface area contributed by atoms with E-state index in [1.165, 1.54) is 0 Å². The summed E-state index contributed by atoms with van der Waals surface area (Å²) in [6, 6.07) is 15.5. The minimum Gasteiger partial charge on any atom is -0.481 e. The number of hydrogen-bond acceptors (Lipinski definition) is 4. The maximum absolute atomic E-state index is 12.6. The second-order valence-electron chi connectivity index (χ2n) is 8.81. The number of carboxylic acid groups (broad SMARTS) is 1. The highest BCUT2D eigenvalue weighted by Gasteiger charge is 2.34. The smallest absolute Gasteiger partial charge is 0.407 e. The molecule has 4 rings (SSSR count). The molecule has 33 heavy (non-hydrogen) atoms. The van der Waals surface area contributed by atoms with Gasteiger partial charge in [0.2, 0.25) is 5.91 Å². The number of fused-ring (bicyclic) bond motifs is 3. The Morgan fingerprint density at radius 3 is 2.27 bits per heavy atom. The first-order valence-corrected chi connectivity index (χ1v) is 11.6. The summed E-state index contributed by atoms with van der Waals surface area (Å²) in [5.41, 5.74) is 4.56. The number of alkyl carbamates (subject to hydrolysis) is 1. The van der Waals surface area contributed by atoms with Crippen molar-refractivity contribution < 1.29 is 24.2 Å². The van der Waals surface area contributed by atoms with E-state index in [1.807, 2.05) is 31.2 Å². The zero-order valence-corrected chi connectivity index (χ0v) is 18.8. The Labute approximate surface area is 193 Å². The van der Waals surface area contributed by atoms with Gasteiger partial charge in [-0.15, -0.1) is 0 Å². The predicted molar refractivity (Wildman–Crippen MR) is 124 cm³/mol. The predicted octanol–water partition coefficient (Wildman–Crippen LogP) is 3.92. The summed E-state index contributed by atoms with van der Waals surface area (Å²) in [7, 11) is 0. The standard InChI is InChI=1S/C26H30N2O5/c1-2-23(24(29)27-14-16-8-7-13-17(16)25(30)31)28-26(32)33-15-22-20-11-5-3-9-18(20)19-10-4-6-12-21(19)22/h3-6,9-12,16-17,22-23H,2,7-8,13-15H2,1H3,(H,27,29)(H,28,32)(H,30,31)/t16?,17?,23-/m0/s1. The van der Waals surface area contributed by atoms with E-state index in [2.05, 4.69) is 34.9 Å². The number of ether oxygens (including phenoxy) is 1. The maximum Gasteiger partial charge on any atom is 0.407 e. The molecule has 0 spiro atoms. The lowest BCUT2D eigenvalue weighted by Crippen LogP contribution is -2.48. The van der Waals surface area contributed by atoms with Crippen LogP contribution in [0.15, 0.2) is 48.5 Å². The summed E-state index contributed by atoms with van der Waals surface area (Å²) in [6.45, 7) is 2.29. The molecule has 1 saturated carbocycles. The molecule has 0 bridgehead atoms. The van der Waals surface area contributed by atoms with Crippen LogP contribution < -0.4 is 10.6 Å². The molecule has 0 heterocycles. The topological polar surface area (TPSA) is 105 Å². The van der Waals surface area contributed by atoms with Crippen LogP contribution in [0.2, 0.25) is 0 Å². The fourth-order valence-corrected chi connectivity index (χ4v) is 5.10. The zero-order chi connectivity index (χ0) is 23.4. The van der Waals surface area contributed by atoms with Gasteiger partial charge in [-0.05, 0) is 47.4 Å². The fraction of sp³-hybridized carbons (Fsp3) is 0.423. The normalized spacial score (nSPS) is 19.9. The molecule has 0 aromatic heterocycles. The van der Waals surface area contributed by atoms with Gasteiger partial charge in [0, 0.05) is 12.5 Å². The zero-order valence-electron chi connectivity index (χ0n) is 18.8. The quantitative estimate of drug-likeness (QED) is 0.565. The molecule has 1 fully saturated rings. The largest absolute Gasteiger partial charge is 0.481 e. The van der Waals surface area contributed by atoms with E-state index in [0.717, 1.165) is 35.1 Å². The molecule has 7 heteroatoms. The van der Waals surface area contributed by atoms with Crippen LogP contribution in [0.1, 0.15) is 49.7 Å². The van der Waals surface area contributed by atoms with Crippen LogP contribution in [-0.4, -0.2) is 42.3 Å². The SMILES string of the molecule is CC[C@H](NC(=O)OCC1c2ccccc2-c2ccccc21)C(=O)NCC1CCCC1C(=O)O. The van der Waals surface area contributed by atoms with Gasteiger partial charge in [0.25, 0.3) is 0 Å². The summed E-state index contributed by atoms with van der Waals surface area (Å²) >= 11 is 0. The van der Waals surface area contributed by atoms with Crippen LogP contribution in [0.25, 0.3) is 11.1 Å². The van der Waals surface area contributed by atoms with Gasteiger partial charge in [-0.25, -0.2) is 4.79 Å². The number of carbonyl (C=O) groups excluding carboxylic acids is 2. The van der Waals surface area contributed by atoms with E-state index in [-0.39, 0.29) is 24.3 Å². The lowest BCUT2D eigenvalue weighted by molar-refractivity contribution is -0.143. The number of benzene rings is 2. The van der Waals surface area contributed by atoms with Gasteiger partial charge in [0.15, 0.2) is 0 Å². The fourth-order valence-electron chi connectivity index (χ4n) is 5.10. The first-order valence-electron chi connectivity index (χ1n) is 11.6. The first kappa shape index (κ1) is 22.8. The number of carbonyl (C=O) groups is 3. The average Bonchev–Trinajstić information content (AvgIpc) is 3.42. The number of rotatable bonds is 8. The highest BCUT2D eigenvalue weighted by atomic mass is 16.5. The molecule has 2 unspecified atom stereocenters. The van der Waals surface area contributed by atoms with Crippen molar-refractivity contribution in [2.24, 2.45) is 11.8 Å². The van der Waals surface area contributed by atoms with Crippen LogP contribution in [0.3, 0.4) is 0 Å². The molecule has 2 aliphatic carbocycles. The van der Waals surface area contributed by atoms with Crippen LogP contribution in [0.5, 0.6) is 0 Å². The van der Waals surface area contributed by atoms with E-state index in [1.54, 1.807) is 0 Å². The second kappa shape index (κ2) is 10.1. The Morgan fingerprint density at radius 1 is 1.03 bits per heavy atom. The van der Waals surface area contributed by atoms with Crippen molar-refractivity contribution >= 4 is 18.0 Å². The molecule has 0 radical (unpaired) electrons. The Bertz CT molecular complexity index is 991. The monoisotopic (exact) mass is 450 g/mol. The van der Waals surface area contributed by atoms with E-state index in [9.17, 15) is 19.5 Å². The number of hydrogen-bond donors (Lipinski definition) is 3. The first-order chi connectivity index (χ1) is 16.0. The third kappa shape index (κ3) is 4.87. The van der Waals surface area contributed by atoms with E-state index in [0.29, 0.717) is 19.4 Å². The molecule has 2 aromatic rings. The van der Waals surface area contributed by atoms with Crippen molar-refractivity contribution in [3.05, 3.63) is 59.7 Å². The van der Waals surface area contributed by atoms with Gasteiger partial charge >= 0.3 is 12.1 Å². The highest BCUT2D eigenvalue weighted by Crippen LogP contribution is 2.44. The number of carboxylic acids is 1. The van der Waals surface area contributed by atoms with Gasteiger partial charge in [-0.2, -0.15) is 0 Å².